The molecule has 0 saturated carbocycles. The molecule has 2 heterocycles. The van der Waals surface area contributed by atoms with Crippen molar-refractivity contribution in [1.82, 2.24) is 10.3 Å². The van der Waals surface area contributed by atoms with Gasteiger partial charge >= 0.3 is 0 Å². The first-order valence-electron chi connectivity index (χ1n) is 6.68. The Morgan fingerprint density at radius 2 is 2.17 bits per heavy atom. The van der Waals surface area contributed by atoms with Gasteiger partial charge in [-0.05, 0) is 49.6 Å². The molecule has 1 aromatic heterocycles. The molecule has 0 spiro atoms. The molecule has 2 N–H and O–H groups in total. The van der Waals surface area contributed by atoms with Gasteiger partial charge in [0.05, 0.1) is 12.6 Å². The van der Waals surface area contributed by atoms with Crippen molar-refractivity contribution >= 4 is 10.9 Å². The Morgan fingerprint density at radius 1 is 1.28 bits per heavy atom. The van der Waals surface area contributed by atoms with Crippen LogP contribution in [0.5, 0.6) is 5.75 Å². The summed E-state index contributed by atoms with van der Waals surface area (Å²) >= 11 is 0. The first-order chi connectivity index (χ1) is 8.79. The molecule has 1 unspecified atom stereocenters. The summed E-state index contributed by atoms with van der Waals surface area (Å²) in [6.45, 7) is 3.26. The van der Waals surface area contributed by atoms with Crippen LogP contribution in [0.3, 0.4) is 0 Å². The highest BCUT2D eigenvalue weighted by atomic mass is 16.5. The van der Waals surface area contributed by atoms with Gasteiger partial charge in [0, 0.05) is 17.6 Å². The molecule has 1 saturated heterocycles. The lowest BCUT2D eigenvalue weighted by Gasteiger charge is -2.24. The van der Waals surface area contributed by atoms with E-state index in [2.05, 4.69) is 29.4 Å². The molecule has 1 aromatic carbocycles. The van der Waals surface area contributed by atoms with Crippen molar-refractivity contribution in [2.75, 3.05) is 13.7 Å². The summed E-state index contributed by atoms with van der Waals surface area (Å²) in [5.74, 6) is 0.947. The van der Waals surface area contributed by atoms with Crippen LogP contribution >= 0.6 is 0 Å². The Morgan fingerprint density at radius 3 is 2.89 bits per heavy atom. The molecule has 18 heavy (non-hydrogen) atoms. The second-order valence-corrected chi connectivity index (χ2v) is 5.12. The number of aromatic nitrogens is 1. The number of benzene rings is 1. The molecular weight excluding hydrogens is 224 g/mol. The van der Waals surface area contributed by atoms with E-state index in [-0.39, 0.29) is 0 Å². The number of aromatic amines is 1. The van der Waals surface area contributed by atoms with Gasteiger partial charge < -0.3 is 15.0 Å². The lowest BCUT2D eigenvalue weighted by molar-refractivity contribution is 0.402. The molecule has 1 aliphatic rings. The first kappa shape index (κ1) is 11.6. The molecule has 3 rings (SSSR count). The number of methoxy groups -OCH3 is 1. The van der Waals surface area contributed by atoms with E-state index in [4.69, 9.17) is 4.74 Å². The van der Waals surface area contributed by atoms with Gasteiger partial charge in [-0.15, -0.1) is 0 Å². The van der Waals surface area contributed by atoms with Gasteiger partial charge in [-0.2, -0.15) is 0 Å². The molecular formula is C15H20N2O. The van der Waals surface area contributed by atoms with Crippen LogP contribution in [0.2, 0.25) is 0 Å². The summed E-state index contributed by atoms with van der Waals surface area (Å²) < 4.78 is 5.51. The van der Waals surface area contributed by atoms with Crippen molar-refractivity contribution in [3.8, 4) is 5.75 Å². The van der Waals surface area contributed by atoms with E-state index in [0.717, 1.165) is 17.8 Å². The van der Waals surface area contributed by atoms with Crippen LogP contribution in [0.25, 0.3) is 10.9 Å². The van der Waals surface area contributed by atoms with Crippen molar-refractivity contribution in [3.05, 3.63) is 29.5 Å². The Hall–Kier alpha value is -1.48. The highest BCUT2D eigenvalue weighted by molar-refractivity contribution is 5.89. The Balaban J connectivity index is 2.08. The molecule has 1 atom stereocenters. The summed E-state index contributed by atoms with van der Waals surface area (Å²) in [5, 5.41) is 4.87. The molecule has 3 nitrogen and oxygen atoms in total. The van der Waals surface area contributed by atoms with E-state index in [1.54, 1.807) is 7.11 Å². The van der Waals surface area contributed by atoms with Crippen molar-refractivity contribution in [1.29, 1.82) is 0 Å². The minimum absolute atomic E-state index is 0.478. The van der Waals surface area contributed by atoms with Crippen LogP contribution in [-0.2, 0) is 0 Å². The normalized spacial score (nSPS) is 20.2. The van der Waals surface area contributed by atoms with E-state index in [1.165, 1.54) is 35.8 Å². The van der Waals surface area contributed by atoms with E-state index < -0.39 is 0 Å². The minimum Gasteiger partial charge on any atom is -0.495 e. The summed E-state index contributed by atoms with van der Waals surface area (Å²) in [7, 11) is 1.74. The first-order valence-corrected chi connectivity index (χ1v) is 6.68. The van der Waals surface area contributed by atoms with Crippen molar-refractivity contribution in [3.63, 3.8) is 0 Å². The van der Waals surface area contributed by atoms with Gasteiger partial charge in [0.1, 0.15) is 5.75 Å². The van der Waals surface area contributed by atoms with Crippen molar-refractivity contribution in [2.45, 2.75) is 32.2 Å². The van der Waals surface area contributed by atoms with E-state index in [1.807, 2.05) is 6.20 Å². The number of fused-ring (bicyclic) bond motifs is 1. The number of H-pyrrole nitrogens is 1. The number of aryl methyl sites for hydroxylation is 1. The zero-order valence-corrected chi connectivity index (χ0v) is 11.0. The summed E-state index contributed by atoms with van der Waals surface area (Å²) in [6, 6.07) is 4.94. The van der Waals surface area contributed by atoms with Crippen LogP contribution < -0.4 is 10.1 Å². The second kappa shape index (κ2) is 4.65. The van der Waals surface area contributed by atoms with Gasteiger partial charge in [0.2, 0.25) is 0 Å². The van der Waals surface area contributed by atoms with Crippen LogP contribution in [0.4, 0.5) is 0 Å². The molecule has 1 fully saturated rings. The quantitative estimate of drug-likeness (QED) is 0.850. The fourth-order valence-corrected chi connectivity index (χ4v) is 2.85. The maximum atomic E-state index is 5.51. The average molecular weight is 244 g/mol. The number of hydrogen-bond acceptors (Lipinski definition) is 2. The number of nitrogens with one attached hydrogen (secondary N) is 2. The van der Waals surface area contributed by atoms with Gasteiger partial charge in [0.25, 0.3) is 0 Å². The zero-order chi connectivity index (χ0) is 12.5. The Kier molecular flexibility index (Phi) is 3.00. The summed E-state index contributed by atoms with van der Waals surface area (Å²) in [5.41, 5.74) is 3.73. The van der Waals surface area contributed by atoms with Crippen LogP contribution in [0, 0.1) is 6.92 Å². The number of rotatable bonds is 2. The second-order valence-electron chi connectivity index (χ2n) is 5.12. The van der Waals surface area contributed by atoms with Crippen LogP contribution in [-0.4, -0.2) is 18.6 Å². The van der Waals surface area contributed by atoms with Gasteiger partial charge in [-0.3, -0.25) is 0 Å². The molecule has 0 bridgehead atoms. The summed E-state index contributed by atoms with van der Waals surface area (Å²) in [6.07, 6.45) is 5.87. The zero-order valence-electron chi connectivity index (χ0n) is 11.0. The van der Waals surface area contributed by atoms with Crippen molar-refractivity contribution in [2.24, 2.45) is 0 Å². The lowest BCUT2D eigenvalue weighted by Crippen LogP contribution is -2.26. The smallest absolute Gasteiger partial charge is 0.143 e. The third-order valence-corrected chi connectivity index (χ3v) is 3.91. The highest BCUT2D eigenvalue weighted by Gasteiger charge is 2.17. The Bertz CT molecular complexity index is 553. The molecule has 96 valence electrons. The molecule has 2 aromatic rings. The van der Waals surface area contributed by atoms with E-state index >= 15 is 0 Å². The average Bonchev–Trinajstić information content (AvgIpc) is 2.81. The predicted molar refractivity (Wildman–Crippen MR) is 74.2 cm³/mol. The monoisotopic (exact) mass is 244 g/mol. The summed E-state index contributed by atoms with van der Waals surface area (Å²) in [4.78, 5) is 3.29. The minimum atomic E-state index is 0.478. The molecule has 0 radical (unpaired) electrons. The highest BCUT2D eigenvalue weighted by Crippen LogP contribution is 2.33. The van der Waals surface area contributed by atoms with Crippen LogP contribution in [0.1, 0.15) is 36.4 Å². The van der Waals surface area contributed by atoms with Gasteiger partial charge in [0.15, 0.2) is 0 Å². The fourth-order valence-electron chi connectivity index (χ4n) is 2.85. The van der Waals surface area contributed by atoms with Gasteiger partial charge in [-0.25, -0.2) is 0 Å². The van der Waals surface area contributed by atoms with E-state index in [0.29, 0.717) is 6.04 Å². The lowest BCUT2D eigenvalue weighted by atomic mass is 9.96. The maximum Gasteiger partial charge on any atom is 0.143 e. The Labute approximate surface area is 108 Å². The molecule has 0 aliphatic carbocycles. The third-order valence-electron chi connectivity index (χ3n) is 3.91. The molecule has 3 heteroatoms. The number of ether oxygens (including phenoxy) is 1. The van der Waals surface area contributed by atoms with Gasteiger partial charge in [-0.1, -0.05) is 6.42 Å². The van der Waals surface area contributed by atoms with Crippen molar-refractivity contribution < 1.29 is 4.74 Å². The van der Waals surface area contributed by atoms with Crippen LogP contribution in [0.15, 0.2) is 18.3 Å². The standard InChI is InChI=1S/C15H20N2O/c1-10-9-17-15-12(10)7-11(8-14(15)18-2)13-5-3-4-6-16-13/h7-9,13,16-17H,3-6H2,1-2H3. The molecule has 1 aliphatic heterocycles. The predicted octanol–water partition coefficient (Wildman–Crippen LogP) is 3.30. The SMILES string of the molecule is COc1cc(C2CCCCN2)cc2c(C)c[nH]c12. The molecule has 0 amide bonds. The topological polar surface area (TPSA) is 37.0 Å². The number of hydrogen-bond donors (Lipinski definition) is 2. The third kappa shape index (κ3) is 1.89. The largest absolute Gasteiger partial charge is 0.495 e. The van der Waals surface area contributed by atoms with E-state index in [9.17, 15) is 0 Å². The maximum absolute atomic E-state index is 5.51. The number of piperidine rings is 1. The fraction of sp³-hybridized carbons (Fsp3) is 0.467.